The second-order valence-corrected chi connectivity index (χ2v) is 8.17. The molecule has 0 fully saturated rings. The van der Waals surface area contributed by atoms with Gasteiger partial charge in [0, 0.05) is 52.5 Å². The van der Waals surface area contributed by atoms with Crippen LogP contribution in [0.4, 0.5) is 8.78 Å². The zero-order valence-corrected chi connectivity index (χ0v) is 17.8. The monoisotopic (exact) mass is 422 g/mol. The molecule has 0 saturated carbocycles. The lowest BCUT2D eigenvalue weighted by atomic mass is 9.92. The Morgan fingerprint density at radius 2 is 1.87 bits per heavy atom. The highest BCUT2D eigenvalue weighted by molar-refractivity contribution is 6.11. The number of nitrogens with two attached hydrogens (primary N) is 1. The number of nitrogens with one attached hydrogen (secondary N) is 1. The van der Waals surface area contributed by atoms with Gasteiger partial charge >= 0.3 is 0 Å². The van der Waals surface area contributed by atoms with E-state index in [0.717, 1.165) is 11.5 Å². The van der Waals surface area contributed by atoms with Crippen molar-refractivity contribution in [2.75, 3.05) is 7.05 Å². The molecule has 0 spiro atoms. The Bertz CT molecular complexity index is 1210. The second-order valence-electron chi connectivity index (χ2n) is 8.17. The summed E-state index contributed by atoms with van der Waals surface area (Å²) in [6.07, 6.45) is 3.13. The van der Waals surface area contributed by atoms with Crippen LogP contribution in [-0.2, 0) is 0 Å². The van der Waals surface area contributed by atoms with Crippen molar-refractivity contribution in [3.63, 3.8) is 0 Å². The predicted octanol–water partition coefficient (Wildman–Crippen LogP) is 4.83. The van der Waals surface area contributed by atoms with Crippen LogP contribution in [0.1, 0.15) is 31.1 Å². The van der Waals surface area contributed by atoms with E-state index in [-0.39, 0.29) is 16.9 Å². The lowest BCUT2D eigenvalue weighted by Gasteiger charge is -2.19. The Morgan fingerprint density at radius 3 is 2.52 bits per heavy atom. The number of nitrogens with zero attached hydrogens (tertiary/aromatic N) is 2. The van der Waals surface area contributed by atoms with Gasteiger partial charge in [-0.3, -0.25) is 14.8 Å². The number of allylic oxidation sites excluding steroid dienone is 1. The van der Waals surface area contributed by atoms with E-state index in [0.29, 0.717) is 28.2 Å². The average molecular weight is 422 g/mol. The van der Waals surface area contributed by atoms with Crippen LogP contribution >= 0.6 is 0 Å². The van der Waals surface area contributed by atoms with Gasteiger partial charge < -0.3 is 11.1 Å². The van der Waals surface area contributed by atoms with Crippen LogP contribution in [-0.4, -0.2) is 23.8 Å². The van der Waals surface area contributed by atoms with Gasteiger partial charge in [0.15, 0.2) is 0 Å². The number of benzene rings is 2. The van der Waals surface area contributed by atoms with Gasteiger partial charge in [0.1, 0.15) is 17.5 Å². The summed E-state index contributed by atoms with van der Waals surface area (Å²) in [4.78, 5) is 21.1. The van der Waals surface area contributed by atoms with Gasteiger partial charge in [-0.15, -0.1) is 0 Å². The first-order chi connectivity index (χ1) is 14.6. The molecule has 0 radical (unpaired) electrons. The molecular weight excluding hydrogens is 398 g/mol. The third kappa shape index (κ3) is 5.12. The van der Waals surface area contributed by atoms with Crippen LogP contribution in [0.15, 0.2) is 65.4 Å². The molecule has 0 aliphatic carbocycles. The lowest BCUT2D eigenvalue weighted by molar-refractivity contribution is 0.0977. The fourth-order valence-electron chi connectivity index (χ4n) is 2.84. The topological polar surface area (TPSA) is 80.4 Å². The number of fused-ring (bicyclic) bond motifs is 1. The standard InChI is InChI=1S/C24H24F2N4O/c1-24(2,3)21(27)12-22(28-4)30-23(31)15-6-5-14-9-16(13-29-20(14)10-15)18-8-7-17(25)11-19(18)26/h5-13H,27H2,1-4H3,(H,28,30,31). The van der Waals surface area contributed by atoms with Crippen molar-refractivity contribution in [1.29, 1.82) is 0 Å². The number of pyridine rings is 1. The molecule has 1 aromatic heterocycles. The second kappa shape index (κ2) is 8.63. The fourth-order valence-corrected chi connectivity index (χ4v) is 2.84. The molecule has 3 aromatic rings. The molecule has 0 aliphatic rings. The average Bonchev–Trinajstić information content (AvgIpc) is 2.71. The molecule has 5 nitrogen and oxygen atoms in total. The van der Waals surface area contributed by atoms with Crippen molar-refractivity contribution in [2.45, 2.75) is 20.8 Å². The number of rotatable bonds is 3. The van der Waals surface area contributed by atoms with E-state index < -0.39 is 11.6 Å². The Balaban J connectivity index is 1.86. The molecule has 0 saturated heterocycles. The van der Waals surface area contributed by atoms with E-state index in [4.69, 9.17) is 5.73 Å². The van der Waals surface area contributed by atoms with Crippen LogP contribution in [0.25, 0.3) is 22.0 Å². The molecule has 3 N–H and O–H groups in total. The van der Waals surface area contributed by atoms with Gasteiger partial charge in [-0.05, 0) is 36.4 Å². The Morgan fingerprint density at radius 1 is 1.13 bits per heavy atom. The summed E-state index contributed by atoms with van der Waals surface area (Å²) in [5.41, 5.74) is 8.14. The van der Waals surface area contributed by atoms with E-state index in [2.05, 4.69) is 15.3 Å². The summed E-state index contributed by atoms with van der Waals surface area (Å²) in [6, 6.07) is 10.2. The molecule has 0 atom stereocenters. The minimum atomic E-state index is -0.661. The fraction of sp³-hybridized carbons (Fsp3) is 0.208. The maximum Gasteiger partial charge on any atom is 0.256 e. The minimum absolute atomic E-state index is 0.254. The zero-order chi connectivity index (χ0) is 22.8. The predicted molar refractivity (Wildman–Crippen MR) is 120 cm³/mol. The van der Waals surface area contributed by atoms with Gasteiger partial charge in [-0.1, -0.05) is 26.8 Å². The van der Waals surface area contributed by atoms with Gasteiger partial charge in [-0.25, -0.2) is 8.78 Å². The molecule has 0 aliphatic heterocycles. The van der Waals surface area contributed by atoms with E-state index in [1.807, 2.05) is 20.8 Å². The van der Waals surface area contributed by atoms with Gasteiger partial charge in [0.05, 0.1) is 5.52 Å². The third-order valence-corrected chi connectivity index (χ3v) is 4.83. The van der Waals surface area contributed by atoms with Crippen molar-refractivity contribution >= 4 is 22.6 Å². The number of halogens is 2. The van der Waals surface area contributed by atoms with Crippen LogP contribution in [0, 0.1) is 17.0 Å². The quantitative estimate of drug-likeness (QED) is 0.469. The molecule has 3 rings (SSSR count). The molecule has 0 bridgehead atoms. The molecule has 1 heterocycles. The summed E-state index contributed by atoms with van der Waals surface area (Å²) in [5, 5.41) is 3.46. The van der Waals surface area contributed by atoms with E-state index in [9.17, 15) is 13.6 Å². The van der Waals surface area contributed by atoms with Crippen molar-refractivity contribution in [2.24, 2.45) is 16.1 Å². The van der Waals surface area contributed by atoms with Crippen molar-refractivity contribution in [1.82, 2.24) is 10.3 Å². The van der Waals surface area contributed by atoms with E-state index >= 15 is 0 Å². The SMILES string of the molecule is CN=C(C=C(N)C(C)(C)C)NC(=O)c1ccc2cc(-c3ccc(F)cc3F)cnc2c1. The number of amidine groups is 1. The van der Waals surface area contributed by atoms with Crippen molar-refractivity contribution < 1.29 is 13.6 Å². The highest BCUT2D eigenvalue weighted by Crippen LogP contribution is 2.26. The number of amides is 1. The molecule has 7 heteroatoms. The highest BCUT2D eigenvalue weighted by atomic mass is 19.1. The Labute approximate surface area is 179 Å². The van der Waals surface area contributed by atoms with Crippen molar-refractivity contribution in [3.05, 3.63) is 77.6 Å². The maximum absolute atomic E-state index is 14.1. The first-order valence-electron chi connectivity index (χ1n) is 9.69. The number of carbonyl (C=O) groups is 1. The van der Waals surface area contributed by atoms with Crippen molar-refractivity contribution in [3.8, 4) is 11.1 Å². The summed E-state index contributed by atoms with van der Waals surface area (Å²) < 4.78 is 27.2. The summed E-state index contributed by atoms with van der Waals surface area (Å²) in [7, 11) is 1.57. The largest absolute Gasteiger partial charge is 0.401 e. The van der Waals surface area contributed by atoms with Crippen LogP contribution in [0.5, 0.6) is 0 Å². The third-order valence-electron chi connectivity index (χ3n) is 4.83. The van der Waals surface area contributed by atoms with Gasteiger partial charge in [0.2, 0.25) is 0 Å². The van der Waals surface area contributed by atoms with Gasteiger partial charge in [-0.2, -0.15) is 0 Å². The number of hydrogen-bond donors (Lipinski definition) is 2. The summed E-state index contributed by atoms with van der Waals surface area (Å²) >= 11 is 0. The smallest absolute Gasteiger partial charge is 0.256 e. The van der Waals surface area contributed by atoms with Crippen LogP contribution in [0.2, 0.25) is 0 Å². The molecule has 2 aromatic carbocycles. The normalized spacial score (nSPS) is 12.8. The first-order valence-corrected chi connectivity index (χ1v) is 9.69. The number of aliphatic imine (C=N–C) groups is 1. The zero-order valence-electron chi connectivity index (χ0n) is 17.8. The Kier molecular flexibility index (Phi) is 6.15. The number of hydrogen-bond acceptors (Lipinski definition) is 4. The van der Waals surface area contributed by atoms with Gasteiger partial charge in [0.25, 0.3) is 5.91 Å². The van der Waals surface area contributed by atoms with E-state index in [1.54, 1.807) is 37.4 Å². The number of carbonyl (C=O) groups excluding carboxylic acids is 1. The minimum Gasteiger partial charge on any atom is -0.401 e. The molecule has 31 heavy (non-hydrogen) atoms. The summed E-state index contributed by atoms with van der Waals surface area (Å²) in [5.74, 6) is -1.30. The van der Waals surface area contributed by atoms with Crippen LogP contribution in [0.3, 0.4) is 0 Å². The van der Waals surface area contributed by atoms with Crippen LogP contribution < -0.4 is 11.1 Å². The highest BCUT2D eigenvalue weighted by Gasteiger charge is 2.16. The van der Waals surface area contributed by atoms with E-state index in [1.165, 1.54) is 18.3 Å². The summed E-state index contributed by atoms with van der Waals surface area (Å²) in [6.45, 7) is 5.90. The number of aromatic nitrogens is 1. The first kappa shape index (κ1) is 22.1. The molecule has 1 amide bonds. The maximum atomic E-state index is 14.1. The molecule has 160 valence electrons. The molecular formula is C24H24F2N4O. The Hall–Kier alpha value is -3.61. The lowest BCUT2D eigenvalue weighted by Crippen LogP contribution is -2.31. The molecule has 0 unspecified atom stereocenters.